The van der Waals surface area contributed by atoms with E-state index in [2.05, 4.69) is 22.7 Å². The van der Waals surface area contributed by atoms with Crippen molar-refractivity contribution in [3.63, 3.8) is 0 Å². The van der Waals surface area contributed by atoms with E-state index in [1.54, 1.807) is 18.2 Å². The number of aromatic nitrogens is 1. The van der Waals surface area contributed by atoms with Gasteiger partial charge < -0.3 is 14.4 Å². The van der Waals surface area contributed by atoms with E-state index >= 15 is 0 Å². The van der Waals surface area contributed by atoms with Gasteiger partial charge in [0, 0.05) is 37.3 Å². The van der Waals surface area contributed by atoms with Crippen molar-refractivity contribution in [1.82, 2.24) is 9.29 Å². The Morgan fingerprint density at radius 1 is 0.972 bits per heavy atom. The molecule has 36 heavy (non-hydrogen) atoms. The molecular weight excluding hydrogens is 488 g/mol. The number of amides is 1. The Bertz CT molecular complexity index is 1300. The van der Waals surface area contributed by atoms with E-state index in [-0.39, 0.29) is 30.3 Å². The van der Waals surface area contributed by atoms with Crippen molar-refractivity contribution in [3.05, 3.63) is 83.6 Å². The minimum absolute atomic E-state index is 0.0270. The van der Waals surface area contributed by atoms with Gasteiger partial charge in [0.1, 0.15) is 17.1 Å². The van der Waals surface area contributed by atoms with Crippen molar-refractivity contribution in [3.8, 4) is 11.6 Å². The molecule has 186 valence electrons. The van der Waals surface area contributed by atoms with Gasteiger partial charge in [-0.05, 0) is 35.9 Å². The van der Waals surface area contributed by atoms with Crippen LogP contribution in [0.1, 0.15) is 24.1 Å². The predicted octanol–water partition coefficient (Wildman–Crippen LogP) is 4.27. The van der Waals surface area contributed by atoms with Gasteiger partial charge in [-0.2, -0.15) is 0 Å². The highest BCUT2D eigenvalue weighted by molar-refractivity contribution is 7.78. The van der Waals surface area contributed by atoms with Crippen LogP contribution in [0.3, 0.4) is 0 Å². The number of hydrogen-bond donors (Lipinski definition) is 1. The third-order valence-corrected chi connectivity index (χ3v) is 6.95. The Labute approximate surface area is 212 Å². The summed E-state index contributed by atoms with van der Waals surface area (Å²) in [5.74, 6) is -2.58. The molecule has 2 aliphatic rings. The molecule has 2 aliphatic heterocycles. The third-order valence-electron chi connectivity index (χ3n) is 6.38. The normalized spacial score (nSPS) is 20.5. The second kappa shape index (κ2) is 9.87. The van der Waals surface area contributed by atoms with E-state index in [0.29, 0.717) is 24.5 Å². The topological polar surface area (TPSA) is 72.0 Å². The maximum atomic E-state index is 13.7. The zero-order valence-corrected chi connectivity index (χ0v) is 20.1. The standard InChI is InChI=1S/C26H23F2N3O4S/c27-21-9-8-20(15-22(21)28)35-24-3-1-2-23(29-24)26(16-19(32)14-25(33)31(26)36)17-4-6-18(7-5-17)30-10-12-34-13-11-30/h1-9,15,36H,10-14,16H2. The lowest BCUT2D eigenvalue weighted by Crippen LogP contribution is -2.51. The highest BCUT2D eigenvalue weighted by atomic mass is 32.1. The summed E-state index contributed by atoms with van der Waals surface area (Å²) in [6.07, 6.45) is -0.275. The van der Waals surface area contributed by atoms with Crippen molar-refractivity contribution in [2.24, 2.45) is 0 Å². The van der Waals surface area contributed by atoms with Gasteiger partial charge in [-0.25, -0.2) is 13.8 Å². The molecule has 1 amide bonds. The summed E-state index contributed by atoms with van der Waals surface area (Å²) in [4.78, 5) is 32.3. The summed E-state index contributed by atoms with van der Waals surface area (Å²) in [6.45, 7) is 2.83. The summed E-state index contributed by atoms with van der Waals surface area (Å²) in [7, 11) is 0. The highest BCUT2D eigenvalue weighted by Crippen LogP contribution is 2.44. The molecule has 0 bridgehead atoms. The van der Waals surface area contributed by atoms with Crippen LogP contribution in [-0.4, -0.2) is 47.3 Å². The number of piperidine rings is 1. The molecule has 0 aliphatic carbocycles. The number of carbonyl (C=O) groups is 2. The molecule has 0 saturated carbocycles. The minimum atomic E-state index is -1.29. The van der Waals surface area contributed by atoms with Crippen molar-refractivity contribution >= 4 is 30.2 Å². The first-order valence-corrected chi connectivity index (χ1v) is 11.8. The van der Waals surface area contributed by atoms with Crippen LogP contribution < -0.4 is 9.64 Å². The zero-order valence-electron chi connectivity index (χ0n) is 19.2. The Hall–Kier alpha value is -3.50. The first-order chi connectivity index (χ1) is 17.4. The number of rotatable bonds is 5. The number of thiol groups is 1. The number of nitrogens with zero attached hydrogens (tertiary/aromatic N) is 3. The average molecular weight is 512 g/mol. The van der Waals surface area contributed by atoms with Crippen LogP contribution in [0.15, 0.2) is 60.7 Å². The zero-order chi connectivity index (χ0) is 25.3. The number of pyridine rings is 1. The Balaban J connectivity index is 1.54. The van der Waals surface area contributed by atoms with Crippen molar-refractivity contribution in [2.75, 3.05) is 31.2 Å². The molecule has 0 radical (unpaired) electrons. The number of anilines is 1. The van der Waals surface area contributed by atoms with Gasteiger partial charge in [-0.15, -0.1) is 0 Å². The molecule has 5 rings (SSSR count). The number of carbonyl (C=O) groups excluding carboxylic acids is 2. The molecule has 1 aromatic heterocycles. The van der Waals surface area contributed by atoms with Crippen LogP contribution >= 0.6 is 12.8 Å². The smallest absolute Gasteiger partial charge is 0.240 e. The SMILES string of the molecule is O=C1CC(=O)N(S)C(c2ccc(N3CCOCC3)cc2)(c2cccc(Oc3ccc(F)c(F)c3)n2)C1. The summed E-state index contributed by atoms with van der Waals surface area (Å²) in [5.41, 5.74) is 0.734. The summed E-state index contributed by atoms with van der Waals surface area (Å²) >= 11 is 4.52. The molecule has 2 saturated heterocycles. The molecule has 1 unspecified atom stereocenters. The molecule has 10 heteroatoms. The summed E-state index contributed by atoms with van der Waals surface area (Å²) < 4.78 is 39.3. The molecule has 1 atom stereocenters. The van der Waals surface area contributed by atoms with Crippen LogP contribution in [0.5, 0.6) is 11.6 Å². The Kier molecular flexibility index (Phi) is 6.63. The van der Waals surface area contributed by atoms with Gasteiger partial charge in [-0.1, -0.05) is 31.0 Å². The van der Waals surface area contributed by atoms with Gasteiger partial charge >= 0.3 is 0 Å². The first kappa shape index (κ1) is 24.2. The number of halogens is 2. The van der Waals surface area contributed by atoms with Gasteiger partial charge in [-0.3, -0.25) is 13.9 Å². The lowest BCUT2D eigenvalue weighted by Gasteiger charge is -2.43. The van der Waals surface area contributed by atoms with Gasteiger partial charge in [0.05, 0.1) is 25.3 Å². The molecule has 3 aromatic rings. The van der Waals surface area contributed by atoms with Gasteiger partial charge in [0.2, 0.25) is 11.8 Å². The fourth-order valence-electron chi connectivity index (χ4n) is 4.58. The quantitative estimate of drug-likeness (QED) is 0.408. The average Bonchev–Trinajstić information content (AvgIpc) is 2.89. The fourth-order valence-corrected chi connectivity index (χ4v) is 4.94. The summed E-state index contributed by atoms with van der Waals surface area (Å²) in [6, 6.07) is 15.7. The van der Waals surface area contributed by atoms with E-state index in [9.17, 15) is 18.4 Å². The number of morpholine rings is 1. The van der Waals surface area contributed by atoms with Crippen molar-refractivity contribution < 1.29 is 27.8 Å². The van der Waals surface area contributed by atoms with Crippen LogP contribution in [0.2, 0.25) is 0 Å². The predicted molar refractivity (Wildman–Crippen MR) is 131 cm³/mol. The minimum Gasteiger partial charge on any atom is -0.439 e. The fraction of sp³-hybridized carbons (Fsp3) is 0.269. The number of ether oxygens (including phenoxy) is 2. The van der Waals surface area contributed by atoms with Gasteiger partial charge in [0.15, 0.2) is 11.6 Å². The number of ketones is 1. The van der Waals surface area contributed by atoms with E-state index in [0.717, 1.165) is 30.9 Å². The maximum Gasteiger partial charge on any atom is 0.240 e. The Morgan fingerprint density at radius 2 is 1.72 bits per heavy atom. The monoisotopic (exact) mass is 511 g/mol. The van der Waals surface area contributed by atoms with Crippen molar-refractivity contribution in [1.29, 1.82) is 0 Å². The van der Waals surface area contributed by atoms with E-state index in [1.807, 2.05) is 24.3 Å². The second-order valence-corrected chi connectivity index (χ2v) is 9.04. The number of hydrogen-bond acceptors (Lipinski definition) is 7. The largest absolute Gasteiger partial charge is 0.439 e. The maximum absolute atomic E-state index is 13.7. The molecular formula is C26H23F2N3O4S. The second-order valence-electron chi connectivity index (χ2n) is 8.64. The molecule has 7 nitrogen and oxygen atoms in total. The highest BCUT2D eigenvalue weighted by Gasteiger charge is 2.49. The first-order valence-electron chi connectivity index (χ1n) is 11.4. The van der Waals surface area contributed by atoms with E-state index in [1.165, 1.54) is 10.4 Å². The Morgan fingerprint density at radius 3 is 2.44 bits per heavy atom. The van der Waals surface area contributed by atoms with Crippen LogP contribution in [-0.2, 0) is 19.9 Å². The summed E-state index contributed by atoms with van der Waals surface area (Å²) in [5, 5.41) is 0. The van der Waals surface area contributed by atoms with Crippen LogP contribution in [0, 0.1) is 11.6 Å². The van der Waals surface area contributed by atoms with E-state index in [4.69, 9.17) is 9.47 Å². The number of benzene rings is 2. The molecule has 3 heterocycles. The molecule has 2 fully saturated rings. The third kappa shape index (κ3) is 4.54. The lowest BCUT2D eigenvalue weighted by atomic mass is 9.78. The van der Waals surface area contributed by atoms with Crippen LogP contribution in [0.25, 0.3) is 0 Å². The van der Waals surface area contributed by atoms with Crippen LogP contribution in [0.4, 0.5) is 14.5 Å². The van der Waals surface area contributed by atoms with Crippen molar-refractivity contribution in [2.45, 2.75) is 18.4 Å². The molecule has 2 aromatic carbocycles. The van der Waals surface area contributed by atoms with E-state index < -0.39 is 23.1 Å². The van der Waals surface area contributed by atoms with Gasteiger partial charge in [0.25, 0.3) is 0 Å². The molecule has 0 N–H and O–H groups in total. The molecule has 0 spiro atoms. The number of Topliss-reactive ketones (excluding diaryl/α,β-unsaturated/α-hetero) is 1. The lowest BCUT2D eigenvalue weighted by molar-refractivity contribution is -0.140.